The number of carbonyl (C=O) groups is 1. The topological polar surface area (TPSA) is 42.0 Å². The van der Waals surface area contributed by atoms with Crippen molar-refractivity contribution in [2.24, 2.45) is 0 Å². The van der Waals surface area contributed by atoms with Gasteiger partial charge >= 0.3 is 0 Å². The standard InChI is InChI=1S/C14H26N2O3/c1-11(2)15-5-6-19-14(8-15)9-16(12(3)4)13(17)7-18-10-14/h11-12H,5-10H2,1-4H3. The Balaban J connectivity index is 2.14. The molecule has 0 aliphatic carbocycles. The maximum atomic E-state index is 12.0. The molecule has 19 heavy (non-hydrogen) atoms. The predicted molar refractivity (Wildman–Crippen MR) is 73.1 cm³/mol. The van der Waals surface area contributed by atoms with E-state index in [-0.39, 0.29) is 24.2 Å². The summed E-state index contributed by atoms with van der Waals surface area (Å²) < 4.78 is 11.6. The minimum absolute atomic E-state index is 0.0668. The van der Waals surface area contributed by atoms with Gasteiger partial charge in [0.2, 0.25) is 5.91 Å². The normalized spacial score (nSPS) is 30.4. The van der Waals surface area contributed by atoms with Crippen LogP contribution in [-0.2, 0) is 14.3 Å². The molecule has 0 aromatic carbocycles. The number of nitrogens with zero attached hydrogens (tertiary/aromatic N) is 2. The minimum atomic E-state index is -0.362. The molecule has 1 amide bonds. The maximum Gasteiger partial charge on any atom is 0.248 e. The van der Waals surface area contributed by atoms with Crippen molar-refractivity contribution in [3.63, 3.8) is 0 Å². The van der Waals surface area contributed by atoms with Gasteiger partial charge in [0, 0.05) is 25.2 Å². The molecule has 2 saturated heterocycles. The Bertz CT molecular complexity index is 333. The fourth-order valence-corrected chi connectivity index (χ4v) is 2.82. The van der Waals surface area contributed by atoms with Crippen LogP contribution in [0.2, 0.25) is 0 Å². The summed E-state index contributed by atoms with van der Waals surface area (Å²) in [6.07, 6.45) is 0. The monoisotopic (exact) mass is 270 g/mol. The second kappa shape index (κ2) is 5.77. The van der Waals surface area contributed by atoms with Gasteiger partial charge in [-0.25, -0.2) is 0 Å². The fourth-order valence-electron chi connectivity index (χ4n) is 2.82. The molecule has 5 heteroatoms. The molecule has 2 rings (SSSR count). The SMILES string of the molecule is CC(C)N1CCOC2(COCC(=O)N(C(C)C)C2)C1. The van der Waals surface area contributed by atoms with Gasteiger partial charge in [0.25, 0.3) is 0 Å². The molecule has 5 nitrogen and oxygen atoms in total. The van der Waals surface area contributed by atoms with Crippen LogP contribution in [0.1, 0.15) is 27.7 Å². The molecular weight excluding hydrogens is 244 g/mol. The first-order valence-electron chi connectivity index (χ1n) is 7.19. The van der Waals surface area contributed by atoms with Gasteiger partial charge in [-0.2, -0.15) is 0 Å². The quantitative estimate of drug-likeness (QED) is 0.742. The van der Waals surface area contributed by atoms with Crippen LogP contribution in [0.15, 0.2) is 0 Å². The third-order valence-electron chi connectivity index (χ3n) is 4.00. The van der Waals surface area contributed by atoms with E-state index in [2.05, 4.69) is 18.7 Å². The van der Waals surface area contributed by atoms with Crippen molar-refractivity contribution in [3.8, 4) is 0 Å². The van der Waals surface area contributed by atoms with Crippen LogP contribution in [0.25, 0.3) is 0 Å². The maximum absolute atomic E-state index is 12.0. The molecule has 0 saturated carbocycles. The Hall–Kier alpha value is -0.650. The van der Waals surface area contributed by atoms with E-state index in [4.69, 9.17) is 9.47 Å². The molecule has 1 atom stereocenters. The first-order chi connectivity index (χ1) is 8.93. The molecule has 0 bridgehead atoms. The lowest BCUT2D eigenvalue weighted by molar-refractivity contribution is -0.150. The van der Waals surface area contributed by atoms with E-state index in [9.17, 15) is 4.79 Å². The Morgan fingerprint density at radius 3 is 2.53 bits per heavy atom. The van der Waals surface area contributed by atoms with Crippen molar-refractivity contribution in [2.75, 3.05) is 39.5 Å². The van der Waals surface area contributed by atoms with Gasteiger partial charge in [0.1, 0.15) is 12.2 Å². The summed E-state index contributed by atoms with van der Waals surface area (Å²) in [5.41, 5.74) is -0.362. The van der Waals surface area contributed by atoms with Gasteiger partial charge in [-0.3, -0.25) is 9.69 Å². The van der Waals surface area contributed by atoms with Gasteiger partial charge in [0.05, 0.1) is 19.8 Å². The van der Waals surface area contributed by atoms with Crippen molar-refractivity contribution in [2.45, 2.75) is 45.4 Å². The molecule has 0 radical (unpaired) electrons. The van der Waals surface area contributed by atoms with Crippen molar-refractivity contribution >= 4 is 5.91 Å². The zero-order valence-corrected chi connectivity index (χ0v) is 12.5. The summed E-state index contributed by atoms with van der Waals surface area (Å²) in [4.78, 5) is 16.3. The Labute approximate surface area is 115 Å². The predicted octanol–water partition coefficient (Wildman–Crippen LogP) is 0.733. The molecule has 1 unspecified atom stereocenters. The molecular formula is C14H26N2O3. The van der Waals surface area contributed by atoms with Crippen LogP contribution in [0.5, 0.6) is 0 Å². The van der Waals surface area contributed by atoms with Crippen LogP contribution in [-0.4, -0.2) is 72.8 Å². The summed E-state index contributed by atoms with van der Waals surface area (Å²) in [5.74, 6) is 0.0668. The Morgan fingerprint density at radius 1 is 1.16 bits per heavy atom. The van der Waals surface area contributed by atoms with Crippen molar-refractivity contribution < 1.29 is 14.3 Å². The van der Waals surface area contributed by atoms with Crippen LogP contribution < -0.4 is 0 Å². The molecule has 2 aliphatic heterocycles. The highest BCUT2D eigenvalue weighted by atomic mass is 16.5. The van der Waals surface area contributed by atoms with Crippen molar-refractivity contribution in [1.29, 1.82) is 0 Å². The highest BCUT2D eigenvalue weighted by Gasteiger charge is 2.42. The van der Waals surface area contributed by atoms with Crippen molar-refractivity contribution in [3.05, 3.63) is 0 Å². The lowest BCUT2D eigenvalue weighted by Gasteiger charge is -2.45. The van der Waals surface area contributed by atoms with Gasteiger partial charge in [-0.15, -0.1) is 0 Å². The molecule has 0 N–H and O–H groups in total. The van der Waals surface area contributed by atoms with Gasteiger partial charge < -0.3 is 14.4 Å². The number of morpholine rings is 1. The molecule has 1 spiro atoms. The smallest absolute Gasteiger partial charge is 0.248 e. The summed E-state index contributed by atoms with van der Waals surface area (Å²) in [6, 6.07) is 0.677. The van der Waals surface area contributed by atoms with Crippen molar-refractivity contribution in [1.82, 2.24) is 9.80 Å². The number of hydrogen-bond donors (Lipinski definition) is 0. The third kappa shape index (κ3) is 3.27. The lowest BCUT2D eigenvalue weighted by Crippen LogP contribution is -2.60. The Kier molecular flexibility index (Phi) is 4.48. The summed E-state index contributed by atoms with van der Waals surface area (Å²) in [5, 5.41) is 0. The minimum Gasteiger partial charge on any atom is -0.369 e. The molecule has 0 aromatic heterocycles. The largest absolute Gasteiger partial charge is 0.369 e. The van der Waals surface area contributed by atoms with Crippen LogP contribution in [0.3, 0.4) is 0 Å². The van der Waals surface area contributed by atoms with Crippen LogP contribution >= 0.6 is 0 Å². The summed E-state index contributed by atoms with van der Waals surface area (Å²) >= 11 is 0. The molecule has 2 heterocycles. The van der Waals surface area contributed by atoms with Gasteiger partial charge in [-0.05, 0) is 27.7 Å². The van der Waals surface area contributed by atoms with Crippen LogP contribution in [0, 0.1) is 0 Å². The highest BCUT2D eigenvalue weighted by Crippen LogP contribution is 2.25. The van der Waals surface area contributed by atoms with E-state index >= 15 is 0 Å². The average molecular weight is 270 g/mol. The summed E-state index contributed by atoms with van der Waals surface area (Å²) in [6.45, 7) is 12.3. The third-order valence-corrected chi connectivity index (χ3v) is 4.00. The number of amides is 1. The van der Waals surface area contributed by atoms with E-state index in [1.54, 1.807) is 0 Å². The molecule has 2 aliphatic rings. The number of hydrogen-bond acceptors (Lipinski definition) is 4. The van der Waals surface area contributed by atoms with Gasteiger partial charge in [-0.1, -0.05) is 0 Å². The van der Waals surface area contributed by atoms with E-state index in [0.717, 1.165) is 13.1 Å². The average Bonchev–Trinajstić information content (AvgIpc) is 2.50. The first-order valence-corrected chi connectivity index (χ1v) is 7.19. The fraction of sp³-hybridized carbons (Fsp3) is 0.929. The molecule has 0 aromatic rings. The second-order valence-electron chi connectivity index (χ2n) is 6.20. The van der Waals surface area contributed by atoms with Gasteiger partial charge in [0.15, 0.2) is 0 Å². The zero-order chi connectivity index (χ0) is 14.0. The number of carbonyl (C=O) groups excluding carboxylic acids is 1. The molecule has 110 valence electrons. The van der Waals surface area contributed by atoms with E-state index < -0.39 is 0 Å². The second-order valence-corrected chi connectivity index (χ2v) is 6.20. The molecule has 2 fully saturated rings. The van der Waals surface area contributed by atoms with E-state index in [1.165, 1.54) is 0 Å². The van der Waals surface area contributed by atoms with E-state index in [1.807, 2.05) is 18.7 Å². The first kappa shape index (κ1) is 14.8. The van der Waals surface area contributed by atoms with E-state index in [0.29, 0.717) is 25.8 Å². The highest BCUT2D eigenvalue weighted by molar-refractivity contribution is 5.78. The lowest BCUT2D eigenvalue weighted by atomic mass is 10.00. The van der Waals surface area contributed by atoms with Crippen LogP contribution in [0.4, 0.5) is 0 Å². The number of ether oxygens (including phenoxy) is 2. The number of rotatable bonds is 2. The zero-order valence-electron chi connectivity index (χ0n) is 12.5. The summed E-state index contributed by atoms with van der Waals surface area (Å²) in [7, 11) is 0. The Morgan fingerprint density at radius 2 is 1.89 bits per heavy atom.